The van der Waals surface area contributed by atoms with Crippen molar-refractivity contribution < 1.29 is 4.79 Å². The molecule has 1 saturated heterocycles. The first kappa shape index (κ1) is 16.8. The zero-order valence-corrected chi connectivity index (χ0v) is 15.6. The van der Waals surface area contributed by atoms with Crippen molar-refractivity contribution in [1.29, 1.82) is 0 Å². The average molecular weight is 366 g/mol. The lowest BCUT2D eigenvalue weighted by Gasteiger charge is -2.16. The van der Waals surface area contributed by atoms with Crippen LogP contribution in [0.2, 0.25) is 0 Å². The molecule has 0 unspecified atom stereocenters. The molecule has 2 N–H and O–H groups in total. The normalized spacial score (nSPS) is 16.8. The Balaban J connectivity index is 1.33. The van der Waals surface area contributed by atoms with Crippen LogP contribution in [0.1, 0.15) is 17.5 Å². The summed E-state index contributed by atoms with van der Waals surface area (Å²) in [5.74, 6) is 1.03. The fourth-order valence-electron chi connectivity index (χ4n) is 3.40. The standard InChI is InChI=1S/C20H22N4OS/c1-14-4-2-5-15(10-14)11-20(25)21-16-7-8-24(13-16)19-12-17(22-23-19)18-6-3-9-26-18/h2-6,9-10,12,16H,7-8,11,13H2,1H3,(H,21,25)(H,22,23)/t16-/m1/s1. The highest BCUT2D eigenvalue weighted by atomic mass is 32.1. The number of amides is 1. The van der Waals surface area contributed by atoms with Gasteiger partial charge in [-0.25, -0.2) is 0 Å². The topological polar surface area (TPSA) is 61.0 Å². The first-order valence-electron chi connectivity index (χ1n) is 8.86. The number of anilines is 1. The maximum atomic E-state index is 12.3. The summed E-state index contributed by atoms with van der Waals surface area (Å²) in [6, 6.07) is 14.5. The summed E-state index contributed by atoms with van der Waals surface area (Å²) >= 11 is 1.70. The van der Waals surface area contributed by atoms with E-state index < -0.39 is 0 Å². The number of aromatic amines is 1. The van der Waals surface area contributed by atoms with Gasteiger partial charge in [-0.15, -0.1) is 11.3 Å². The van der Waals surface area contributed by atoms with Crippen molar-refractivity contribution in [1.82, 2.24) is 15.5 Å². The molecule has 0 radical (unpaired) electrons. The highest BCUT2D eigenvalue weighted by molar-refractivity contribution is 7.13. The first-order chi connectivity index (χ1) is 12.7. The lowest BCUT2D eigenvalue weighted by atomic mass is 10.1. The van der Waals surface area contributed by atoms with Crippen LogP contribution in [0.3, 0.4) is 0 Å². The van der Waals surface area contributed by atoms with E-state index in [1.807, 2.05) is 31.2 Å². The van der Waals surface area contributed by atoms with Crippen LogP contribution in [0.15, 0.2) is 47.8 Å². The number of aromatic nitrogens is 2. The number of thiophene rings is 1. The Morgan fingerprint density at radius 1 is 1.35 bits per heavy atom. The molecule has 1 atom stereocenters. The zero-order valence-electron chi connectivity index (χ0n) is 14.7. The van der Waals surface area contributed by atoms with E-state index in [1.54, 1.807) is 11.3 Å². The number of carbonyl (C=O) groups excluding carboxylic acids is 1. The van der Waals surface area contributed by atoms with E-state index in [0.29, 0.717) is 6.42 Å². The number of hydrogen-bond donors (Lipinski definition) is 2. The second-order valence-electron chi connectivity index (χ2n) is 6.78. The molecule has 26 heavy (non-hydrogen) atoms. The first-order valence-corrected chi connectivity index (χ1v) is 9.74. The van der Waals surface area contributed by atoms with Crippen molar-refractivity contribution in [2.24, 2.45) is 0 Å². The molecule has 6 heteroatoms. The van der Waals surface area contributed by atoms with Crippen LogP contribution in [-0.2, 0) is 11.2 Å². The van der Waals surface area contributed by atoms with Crippen molar-refractivity contribution in [2.75, 3.05) is 18.0 Å². The molecule has 1 fully saturated rings. The molecular weight excluding hydrogens is 344 g/mol. The van der Waals surface area contributed by atoms with Crippen molar-refractivity contribution in [3.8, 4) is 10.6 Å². The summed E-state index contributed by atoms with van der Waals surface area (Å²) in [6.45, 7) is 3.75. The molecule has 3 aromatic rings. The van der Waals surface area contributed by atoms with E-state index in [2.05, 4.69) is 44.0 Å². The van der Waals surface area contributed by atoms with Crippen LogP contribution in [0, 0.1) is 6.92 Å². The lowest BCUT2D eigenvalue weighted by Crippen LogP contribution is -2.38. The Morgan fingerprint density at radius 2 is 2.27 bits per heavy atom. The molecule has 1 aliphatic heterocycles. The molecule has 134 valence electrons. The van der Waals surface area contributed by atoms with Gasteiger partial charge in [-0.05, 0) is 30.4 Å². The third kappa shape index (κ3) is 3.80. The van der Waals surface area contributed by atoms with E-state index in [-0.39, 0.29) is 11.9 Å². The highest BCUT2D eigenvalue weighted by Crippen LogP contribution is 2.27. The number of benzene rings is 1. The Bertz CT molecular complexity index is 887. The molecule has 1 amide bonds. The summed E-state index contributed by atoms with van der Waals surface area (Å²) in [4.78, 5) is 15.7. The van der Waals surface area contributed by atoms with Gasteiger partial charge >= 0.3 is 0 Å². The summed E-state index contributed by atoms with van der Waals surface area (Å²) < 4.78 is 0. The van der Waals surface area contributed by atoms with Crippen LogP contribution in [-0.4, -0.2) is 35.2 Å². The van der Waals surface area contributed by atoms with Gasteiger partial charge in [0.1, 0.15) is 0 Å². The summed E-state index contributed by atoms with van der Waals surface area (Å²) in [6.07, 6.45) is 1.38. The molecular formula is C20H22N4OS. The molecule has 0 saturated carbocycles. The predicted molar refractivity (Wildman–Crippen MR) is 106 cm³/mol. The van der Waals surface area contributed by atoms with Crippen molar-refractivity contribution >= 4 is 23.1 Å². The Kier molecular flexibility index (Phi) is 4.75. The number of nitrogens with zero attached hydrogens (tertiary/aromatic N) is 2. The van der Waals surface area contributed by atoms with Gasteiger partial charge in [0.15, 0.2) is 5.82 Å². The molecule has 3 heterocycles. The zero-order chi connectivity index (χ0) is 17.9. The molecule has 0 bridgehead atoms. The summed E-state index contributed by atoms with van der Waals surface area (Å²) in [5.41, 5.74) is 3.29. The number of hydrogen-bond acceptors (Lipinski definition) is 4. The fourth-order valence-corrected chi connectivity index (χ4v) is 4.10. The van der Waals surface area contributed by atoms with Gasteiger partial charge in [-0.1, -0.05) is 35.9 Å². The molecule has 1 aromatic carbocycles. The maximum absolute atomic E-state index is 12.3. The number of H-pyrrole nitrogens is 1. The Labute approximate surface area is 157 Å². The Hall–Kier alpha value is -2.60. The number of carbonyl (C=O) groups is 1. The Morgan fingerprint density at radius 3 is 3.08 bits per heavy atom. The van der Waals surface area contributed by atoms with Gasteiger partial charge in [0.25, 0.3) is 0 Å². The van der Waals surface area contributed by atoms with E-state index in [4.69, 9.17) is 0 Å². The quantitative estimate of drug-likeness (QED) is 0.728. The SMILES string of the molecule is Cc1cccc(CC(=O)N[C@@H]2CCN(c3cc(-c4cccs4)[nH]n3)C2)c1. The molecule has 5 nitrogen and oxygen atoms in total. The summed E-state index contributed by atoms with van der Waals surface area (Å²) in [7, 11) is 0. The van der Waals surface area contributed by atoms with Crippen molar-refractivity contribution in [2.45, 2.75) is 25.8 Å². The molecule has 0 aliphatic carbocycles. The van der Waals surface area contributed by atoms with E-state index in [0.717, 1.165) is 36.6 Å². The van der Waals surface area contributed by atoms with Gasteiger partial charge in [0, 0.05) is 25.2 Å². The smallest absolute Gasteiger partial charge is 0.224 e. The highest BCUT2D eigenvalue weighted by Gasteiger charge is 2.25. The molecule has 2 aromatic heterocycles. The second-order valence-corrected chi connectivity index (χ2v) is 7.73. The minimum absolute atomic E-state index is 0.0868. The van der Waals surface area contributed by atoms with Gasteiger partial charge in [0.05, 0.1) is 17.0 Å². The van der Waals surface area contributed by atoms with E-state index in [9.17, 15) is 4.79 Å². The van der Waals surface area contributed by atoms with Crippen LogP contribution < -0.4 is 10.2 Å². The summed E-state index contributed by atoms with van der Waals surface area (Å²) in [5, 5.41) is 12.8. The molecule has 4 rings (SSSR count). The number of aryl methyl sites for hydroxylation is 1. The second kappa shape index (κ2) is 7.33. The third-order valence-electron chi connectivity index (χ3n) is 4.68. The monoisotopic (exact) mass is 366 g/mol. The fraction of sp³-hybridized carbons (Fsp3) is 0.300. The number of nitrogens with one attached hydrogen (secondary N) is 2. The van der Waals surface area contributed by atoms with Gasteiger partial charge in [-0.2, -0.15) is 5.10 Å². The van der Waals surface area contributed by atoms with E-state index in [1.165, 1.54) is 10.4 Å². The predicted octanol–water partition coefficient (Wildman–Crippen LogP) is 3.38. The number of rotatable bonds is 5. The maximum Gasteiger partial charge on any atom is 0.224 e. The van der Waals surface area contributed by atoms with Crippen LogP contribution >= 0.6 is 11.3 Å². The average Bonchev–Trinajstić information content (AvgIpc) is 3.35. The largest absolute Gasteiger partial charge is 0.353 e. The van der Waals surface area contributed by atoms with E-state index >= 15 is 0 Å². The van der Waals surface area contributed by atoms with Gasteiger partial charge < -0.3 is 10.2 Å². The van der Waals surface area contributed by atoms with Crippen molar-refractivity contribution in [3.05, 3.63) is 59.0 Å². The molecule has 0 spiro atoms. The molecule has 1 aliphatic rings. The minimum Gasteiger partial charge on any atom is -0.353 e. The minimum atomic E-state index is 0.0868. The van der Waals surface area contributed by atoms with Crippen LogP contribution in [0.25, 0.3) is 10.6 Å². The third-order valence-corrected chi connectivity index (χ3v) is 5.58. The van der Waals surface area contributed by atoms with Gasteiger partial charge in [0.2, 0.25) is 5.91 Å². The van der Waals surface area contributed by atoms with Gasteiger partial charge in [-0.3, -0.25) is 9.89 Å². The lowest BCUT2D eigenvalue weighted by molar-refractivity contribution is -0.121. The van der Waals surface area contributed by atoms with Crippen LogP contribution in [0.4, 0.5) is 5.82 Å². The van der Waals surface area contributed by atoms with Crippen LogP contribution in [0.5, 0.6) is 0 Å². The van der Waals surface area contributed by atoms with Crippen molar-refractivity contribution in [3.63, 3.8) is 0 Å².